The maximum atomic E-state index is 6.20. The Morgan fingerprint density at radius 3 is 2.95 bits per heavy atom. The first-order valence-corrected chi connectivity index (χ1v) is 7.38. The van der Waals surface area contributed by atoms with Gasteiger partial charge in [0.25, 0.3) is 0 Å². The van der Waals surface area contributed by atoms with E-state index in [0.29, 0.717) is 24.9 Å². The lowest BCUT2D eigenvalue weighted by molar-refractivity contribution is -0.0241. The molecule has 112 valence electrons. The Morgan fingerprint density at radius 1 is 1.38 bits per heavy atom. The zero-order valence-corrected chi connectivity index (χ0v) is 12.9. The van der Waals surface area contributed by atoms with E-state index in [9.17, 15) is 0 Å². The van der Waals surface area contributed by atoms with Crippen LogP contribution in [-0.4, -0.2) is 34.8 Å². The summed E-state index contributed by atoms with van der Waals surface area (Å²) in [5.74, 6) is 1.26. The number of halogens is 1. The minimum Gasteiger partial charge on any atom is -0.378 e. The highest BCUT2D eigenvalue weighted by Crippen LogP contribution is 2.26. The molecule has 0 aliphatic carbocycles. The van der Waals surface area contributed by atoms with Crippen molar-refractivity contribution in [3.05, 3.63) is 46.1 Å². The van der Waals surface area contributed by atoms with E-state index in [2.05, 4.69) is 21.1 Å². The molecular formula is C15H18ClN3O2. The Balaban J connectivity index is 1.79. The van der Waals surface area contributed by atoms with Crippen LogP contribution in [0.15, 0.2) is 22.7 Å². The van der Waals surface area contributed by atoms with Crippen LogP contribution in [0.4, 0.5) is 0 Å². The molecular weight excluding hydrogens is 290 g/mol. The van der Waals surface area contributed by atoms with Gasteiger partial charge in [0, 0.05) is 18.1 Å². The first-order valence-electron chi connectivity index (χ1n) is 7.00. The fourth-order valence-electron chi connectivity index (χ4n) is 2.47. The van der Waals surface area contributed by atoms with E-state index >= 15 is 0 Å². The van der Waals surface area contributed by atoms with Crippen LogP contribution in [0.5, 0.6) is 0 Å². The van der Waals surface area contributed by atoms with Gasteiger partial charge in [-0.15, -0.1) is 0 Å². The molecule has 2 aromatic rings. The summed E-state index contributed by atoms with van der Waals surface area (Å²) in [6.07, 6.45) is 0. The van der Waals surface area contributed by atoms with Gasteiger partial charge in [0.2, 0.25) is 5.89 Å². The monoisotopic (exact) mass is 307 g/mol. The Bertz CT molecular complexity index is 629. The Hall–Kier alpha value is -1.43. The van der Waals surface area contributed by atoms with Crippen molar-refractivity contribution in [3.8, 4) is 0 Å². The quantitative estimate of drug-likeness (QED) is 0.872. The van der Waals surface area contributed by atoms with Crippen molar-refractivity contribution in [1.29, 1.82) is 0 Å². The lowest BCUT2D eigenvalue weighted by atomic mass is 10.1. The number of morpholine rings is 1. The van der Waals surface area contributed by atoms with Crippen molar-refractivity contribution in [2.24, 2.45) is 0 Å². The minimum absolute atomic E-state index is 0.0000265. The average Bonchev–Trinajstić information content (AvgIpc) is 2.90. The Morgan fingerprint density at radius 2 is 2.24 bits per heavy atom. The van der Waals surface area contributed by atoms with Gasteiger partial charge in [-0.3, -0.25) is 4.90 Å². The number of hydrogen-bond acceptors (Lipinski definition) is 5. The highest BCUT2D eigenvalue weighted by atomic mass is 35.5. The third kappa shape index (κ3) is 3.26. The molecule has 1 saturated heterocycles. The van der Waals surface area contributed by atoms with Gasteiger partial charge >= 0.3 is 0 Å². The summed E-state index contributed by atoms with van der Waals surface area (Å²) in [4.78, 5) is 6.62. The molecule has 1 fully saturated rings. The number of hydrogen-bond donors (Lipinski definition) is 0. The number of ether oxygens (including phenoxy) is 1. The molecule has 1 aliphatic rings. The van der Waals surface area contributed by atoms with Gasteiger partial charge in [-0.2, -0.15) is 4.98 Å². The molecule has 0 saturated carbocycles. The number of aryl methyl sites for hydroxylation is 2. The molecule has 21 heavy (non-hydrogen) atoms. The van der Waals surface area contributed by atoms with Crippen molar-refractivity contribution < 1.29 is 9.26 Å². The van der Waals surface area contributed by atoms with Crippen molar-refractivity contribution in [1.82, 2.24) is 15.0 Å². The van der Waals surface area contributed by atoms with Gasteiger partial charge in [0.15, 0.2) is 5.82 Å². The van der Waals surface area contributed by atoms with Crippen LogP contribution in [-0.2, 0) is 11.3 Å². The molecule has 0 bridgehead atoms. The van der Waals surface area contributed by atoms with E-state index in [4.69, 9.17) is 20.9 Å². The van der Waals surface area contributed by atoms with Crippen LogP contribution < -0.4 is 0 Å². The summed E-state index contributed by atoms with van der Waals surface area (Å²) < 4.78 is 10.9. The van der Waals surface area contributed by atoms with Gasteiger partial charge in [-0.05, 0) is 31.0 Å². The summed E-state index contributed by atoms with van der Waals surface area (Å²) in [7, 11) is 0. The zero-order valence-electron chi connectivity index (χ0n) is 12.2. The fraction of sp³-hybridized carbons (Fsp3) is 0.467. The molecule has 0 N–H and O–H groups in total. The number of benzene rings is 1. The maximum Gasteiger partial charge on any atom is 0.246 e. The molecule has 1 aliphatic heterocycles. The van der Waals surface area contributed by atoms with Crippen LogP contribution in [0, 0.1) is 13.8 Å². The van der Waals surface area contributed by atoms with Crippen LogP contribution in [0.25, 0.3) is 0 Å². The second-order valence-electron chi connectivity index (χ2n) is 5.32. The Labute approximate surface area is 128 Å². The molecule has 1 aromatic heterocycles. The van der Waals surface area contributed by atoms with E-state index in [-0.39, 0.29) is 6.04 Å². The van der Waals surface area contributed by atoms with Gasteiger partial charge in [-0.1, -0.05) is 28.9 Å². The average molecular weight is 308 g/mol. The Kier molecular flexibility index (Phi) is 4.24. The number of aromatic nitrogens is 2. The van der Waals surface area contributed by atoms with Crippen molar-refractivity contribution >= 4 is 11.6 Å². The molecule has 1 aromatic carbocycles. The molecule has 0 spiro atoms. The summed E-state index contributed by atoms with van der Waals surface area (Å²) >= 11 is 6.20. The number of nitrogens with zero attached hydrogens (tertiary/aromatic N) is 3. The summed E-state index contributed by atoms with van der Waals surface area (Å²) in [5.41, 5.74) is 2.26. The smallest absolute Gasteiger partial charge is 0.246 e. The first kappa shape index (κ1) is 14.5. The van der Waals surface area contributed by atoms with Crippen molar-refractivity contribution in [2.75, 3.05) is 19.8 Å². The van der Waals surface area contributed by atoms with Gasteiger partial charge in [-0.25, -0.2) is 0 Å². The lowest BCUT2D eigenvalue weighted by Crippen LogP contribution is -2.39. The van der Waals surface area contributed by atoms with Gasteiger partial charge in [0.1, 0.15) is 6.04 Å². The summed E-state index contributed by atoms with van der Waals surface area (Å²) in [6.45, 7) is 6.73. The summed E-state index contributed by atoms with van der Waals surface area (Å²) in [6, 6.07) is 6.17. The van der Waals surface area contributed by atoms with E-state index in [1.807, 2.05) is 26.0 Å². The molecule has 0 radical (unpaired) electrons. The van der Waals surface area contributed by atoms with Crippen LogP contribution in [0.2, 0.25) is 5.02 Å². The van der Waals surface area contributed by atoms with E-state index in [0.717, 1.165) is 23.7 Å². The molecule has 1 atom stereocenters. The van der Waals surface area contributed by atoms with E-state index in [1.165, 1.54) is 5.56 Å². The van der Waals surface area contributed by atoms with Crippen molar-refractivity contribution in [2.45, 2.75) is 26.4 Å². The van der Waals surface area contributed by atoms with Crippen LogP contribution >= 0.6 is 11.6 Å². The number of rotatable bonds is 3. The second-order valence-corrected chi connectivity index (χ2v) is 5.73. The predicted molar refractivity (Wildman–Crippen MR) is 79.2 cm³/mol. The second kappa shape index (κ2) is 6.13. The standard InChI is InChI=1S/C15H18ClN3O2/c1-10-3-4-12(7-13(10)16)8-19-5-6-20-9-14(19)15-17-11(2)18-21-15/h3-4,7,14H,5-6,8-9H2,1-2H3/t14-/m1/s1. The molecule has 0 amide bonds. The maximum absolute atomic E-state index is 6.20. The molecule has 6 heteroatoms. The van der Waals surface area contributed by atoms with Crippen molar-refractivity contribution in [3.63, 3.8) is 0 Å². The zero-order chi connectivity index (χ0) is 14.8. The normalized spacial score (nSPS) is 19.9. The van der Waals surface area contributed by atoms with Crippen LogP contribution in [0.1, 0.15) is 28.9 Å². The molecule has 0 unspecified atom stereocenters. The van der Waals surface area contributed by atoms with Crippen LogP contribution in [0.3, 0.4) is 0 Å². The molecule has 3 rings (SSSR count). The third-order valence-electron chi connectivity index (χ3n) is 3.69. The largest absolute Gasteiger partial charge is 0.378 e. The fourth-order valence-corrected chi connectivity index (χ4v) is 2.68. The first-order chi connectivity index (χ1) is 10.1. The predicted octanol–water partition coefficient (Wildman–Crippen LogP) is 2.91. The highest BCUT2D eigenvalue weighted by molar-refractivity contribution is 6.31. The highest BCUT2D eigenvalue weighted by Gasteiger charge is 2.29. The lowest BCUT2D eigenvalue weighted by Gasteiger charge is -2.33. The van der Waals surface area contributed by atoms with Gasteiger partial charge < -0.3 is 9.26 Å². The van der Waals surface area contributed by atoms with E-state index < -0.39 is 0 Å². The van der Waals surface area contributed by atoms with E-state index in [1.54, 1.807) is 0 Å². The SMILES string of the molecule is Cc1noc([C@H]2COCCN2Cc2ccc(C)c(Cl)c2)n1. The third-order valence-corrected chi connectivity index (χ3v) is 4.10. The topological polar surface area (TPSA) is 51.4 Å². The molecule has 5 nitrogen and oxygen atoms in total. The summed E-state index contributed by atoms with van der Waals surface area (Å²) in [5, 5.41) is 4.67. The molecule has 2 heterocycles. The minimum atomic E-state index is 0.0000265. The van der Waals surface area contributed by atoms with Gasteiger partial charge in [0.05, 0.1) is 13.2 Å².